The number of ether oxygens (including phenoxy) is 1. The molecule has 138 valence electrons. The number of nitrogen functional groups attached to an aromatic ring is 3. The predicted molar refractivity (Wildman–Crippen MR) is 101 cm³/mol. The first-order valence-corrected chi connectivity index (χ1v) is 8.74. The number of nitrogens with zero attached hydrogens (tertiary/aromatic N) is 2. The Morgan fingerprint density at radius 2 is 1.77 bits per heavy atom. The Labute approximate surface area is 152 Å². The highest BCUT2D eigenvalue weighted by Crippen LogP contribution is 2.26. The molecule has 1 fully saturated rings. The van der Waals surface area contributed by atoms with Gasteiger partial charge in [0.15, 0.2) is 5.82 Å². The van der Waals surface area contributed by atoms with Gasteiger partial charge in [-0.1, -0.05) is 31.4 Å². The quantitative estimate of drug-likeness (QED) is 0.644. The van der Waals surface area contributed by atoms with Crippen LogP contribution in [0.25, 0.3) is 0 Å². The maximum atomic E-state index is 12.3. The number of hydrogen-bond donors (Lipinski definition) is 4. The smallest absolute Gasteiger partial charge is 0.244 e. The third-order valence-electron chi connectivity index (χ3n) is 4.53. The van der Waals surface area contributed by atoms with Crippen LogP contribution < -0.4 is 27.3 Å². The molecule has 26 heavy (non-hydrogen) atoms. The van der Waals surface area contributed by atoms with Gasteiger partial charge in [0.05, 0.1) is 0 Å². The minimum atomic E-state index is 0.00692. The molecule has 0 bridgehead atoms. The van der Waals surface area contributed by atoms with Crippen LogP contribution in [0, 0.1) is 5.92 Å². The first-order valence-electron chi connectivity index (χ1n) is 8.74. The molecule has 0 atom stereocenters. The summed E-state index contributed by atoms with van der Waals surface area (Å²) >= 11 is 0. The second-order valence-corrected chi connectivity index (χ2v) is 6.50. The van der Waals surface area contributed by atoms with Crippen molar-refractivity contribution in [1.29, 1.82) is 0 Å². The van der Waals surface area contributed by atoms with Crippen molar-refractivity contribution in [2.75, 3.05) is 22.5 Å². The van der Waals surface area contributed by atoms with Gasteiger partial charge in [-0.25, -0.2) is 0 Å². The van der Waals surface area contributed by atoms with Gasteiger partial charge in [0.1, 0.15) is 12.3 Å². The number of rotatable bonds is 5. The van der Waals surface area contributed by atoms with Gasteiger partial charge in [-0.2, -0.15) is 9.97 Å². The number of nitrogens with one attached hydrogen (secondary N) is 1. The average molecular weight is 356 g/mol. The molecule has 8 nitrogen and oxygen atoms in total. The van der Waals surface area contributed by atoms with Crippen molar-refractivity contribution in [1.82, 2.24) is 9.97 Å². The molecule has 1 aromatic heterocycles. The number of hydrogen-bond acceptors (Lipinski definition) is 7. The normalized spacial score (nSPS) is 14.8. The summed E-state index contributed by atoms with van der Waals surface area (Å²) in [4.78, 5) is 20.0. The summed E-state index contributed by atoms with van der Waals surface area (Å²) in [5.74, 6) is 0.488. The molecular weight excluding hydrogens is 332 g/mol. The monoisotopic (exact) mass is 356 g/mol. The number of nitrogens with two attached hydrogens (primary N) is 3. The van der Waals surface area contributed by atoms with Gasteiger partial charge in [0, 0.05) is 11.6 Å². The molecule has 1 aliphatic carbocycles. The Bertz CT molecular complexity index is 772. The van der Waals surface area contributed by atoms with E-state index in [0.717, 1.165) is 36.9 Å². The molecule has 3 rings (SSSR count). The molecular formula is C18H24N6O2. The SMILES string of the molecule is Nc1nc(N)c(N)c(OCc2ccc(NC(=O)C3CCCCC3)cc2)n1. The fraction of sp³-hybridized carbons (Fsp3) is 0.389. The summed E-state index contributed by atoms with van der Waals surface area (Å²) < 4.78 is 5.58. The molecule has 0 aliphatic heterocycles. The van der Waals surface area contributed by atoms with Crippen LogP contribution in [0.4, 0.5) is 23.1 Å². The maximum absolute atomic E-state index is 12.3. The van der Waals surface area contributed by atoms with Gasteiger partial charge in [-0.3, -0.25) is 4.79 Å². The largest absolute Gasteiger partial charge is 0.471 e. The lowest BCUT2D eigenvalue weighted by atomic mass is 9.88. The van der Waals surface area contributed by atoms with E-state index in [1.54, 1.807) is 0 Å². The Morgan fingerprint density at radius 3 is 2.46 bits per heavy atom. The molecule has 1 amide bonds. The zero-order chi connectivity index (χ0) is 18.5. The maximum Gasteiger partial charge on any atom is 0.244 e. The lowest BCUT2D eigenvalue weighted by molar-refractivity contribution is -0.120. The summed E-state index contributed by atoms with van der Waals surface area (Å²) in [6, 6.07) is 7.46. The molecule has 2 aromatic rings. The molecule has 1 aromatic carbocycles. The number of amides is 1. The van der Waals surface area contributed by atoms with Crippen molar-refractivity contribution in [3.8, 4) is 5.88 Å². The van der Waals surface area contributed by atoms with Crippen molar-refractivity contribution < 1.29 is 9.53 Å². The fourth-order valence-corrected chi connectivity index (χ4v) is 3.04. The minimum absolute atomic E-state index is 0.00692. The van der Waals surface area contributed by atoms with Crippen LogP contribution in [0.5, 0.6) is 5.88 Å². The third kappa shape index (κ3) is 4.33. The van der Waals surface area contributed by atoms with Crippen LogP contribution in [-0.2, 0) is 11.4 Å². The van der Waals surface area contributed by atoms with Crippen LogP contribution in [-0.4, -0.2) is 15.9 Å². The lowest BCUT2D eigenvalue weighted by Gasteiger charge is -2.20. The standard InChI is InChI=1S/C18H24N6O2/c19-14-15(20)23-18(21)24-17(14)26-10-11-6-8-13(9-7-11)22-16(25)12-4-2-1-3-5-12/h6-9,12H,1-5,10,19H2,(H,22,25)(H4,20,21,23,24). The van der Waals surface area contributed by atoms with Crippen molar-refractivity contribution in [2.24, 2.45) is 5.92 Å². The van der Waals surface area contributed by atoms with Gasteiger partial charge < -0.3 is 27.3 Å². The number of carbonyl (C=O) groups is 1. The molecule has 7 N–H and O–H groups in total. The van der Waals surface area contributed by atoms with Gasteiger partial charge in [-0.15, -0.1) is 0 Å². The Hall–Kier alpha value is -3.03. The van der Waals surface area contributed by atoms with Crippen molar-refractivity contribution in [2.45, 2.75) is 38.7 Å². The molecule has 1 heterocycles. The Kier molecular flexibility index (Phi) is 5.40. The molecule has 8 heteroatoms. The Morgan fingerprint density at radius 1 is 1.08 bits per heavy atom. The number of benzene rings is 1. The van der Waals surface area contributed by atoms with Crippen molar-refractivity contribution >= 4 is 29.0 Å². The van der Waals surface area contributed by atoms with E-state index in [2.05, 4.69) is 15.3 Å². The highest BCUT2D eigenvalue weighted by Gasteiger charge is 2.20. The minimum Gasteiger partial charge on any atom is -0.471 e. The molecule has 0 saturated heterocycles. The van der Waals surface area contributed by atoms with E-state index >= 15 is 0 Å². The van der Waals surface area contributed by atoms with E-state index < -0.39 is 0 Å². The number of carbonyl (C=O) groups excluding carboxylic acids is 1. The number of anilines is 4. The zero-order valence-corrected chi connectivity index (χ0v) is 14.6. The highest BCUT2D eigenvalue weighted by atomic mass is 16.5. The number of aromatic nitrogens is 2. The predicted octanol–water partition coefficient (Wildman–Crippen LogP) is 2.32. The van der Waals surface area contributed by atoms with Crippen molar-refractivity contribution in [3.63, 3.8) is 0 Å². The van der Waals surface area contributed by atoms with Crippen LogP contribution in [0.2, 0.25) is 0 Å². The van der Waals surface area contributed by atoms with Crippen LogP contribution in [0.3, 0.4) is 0 Å². The van der Waals surface area contributed by atoms with E-state index in [9.17, 15) is 4.79 Å². The van der Waals surface area contributed by atoms with Crippen molar-refractivity contribution in [3.05, 3.63) is 29.8 Å². The summed E-state index contributed by atoms with van der Waals surface area (Å²) in [5.41, 5.74) is 18.8. The topological polar surface area (TPSA) is 142 Å². The van der Waals surface area contributed by atoms with Gasteiger partial charge in [0.25, 0.3) is 0 Å². The first-order chi connectivity index (χ1) is 12.5. The molecule has 1 saturated carbocycles. The second-order valence-electron chi connectivity index (χ2n) is 6.50. The molecule has 0 radical (unpaired) electrons. The molecule has 0 unspecified atom stereocenters. The fourth-order valence-electron chi connectivity index (χ4n) is 3.04. The summed E-state index contributed by atoms with van der Waals surface area (Å²) in [6.45, 7) is 0.247. The average Bonchev–Trinajstić information content (AvgIpc) is 2.65. The van der Waals surface area contributed by atoms with E-state index in [0.29, 0.717) is 0 Å². The zero-order valence-electron chi connectivity index (χ0n) is 14.6. The van der Waals surface area contributed by atoms with Crippen LogP contribution in [0.1, 0.15) is 37.7 Å². The Balaban J connectivity index is 1.57. The lowest BCUT2D eigenvalue weighted by Crippen LogP contribution is -2.24. The van der Waals surface area contributed by atoms with E-state index in [1.807, 2.05) is 24.3 Å². The second kappa shape index (κ2) is 7.90. The van der Waals surface area contributed by atoms with E-state index in [4.69, 9.17) is 21.9 Å². The van der Waals surface area contributed by atoms with E-state index in [-0.39, 0.29) is 41.8 Å². The first kappa shape index (κ1) is 17.8. The highest BCUT2D eigenvalue weighted by molar-refractivity contribution is 5.92. The summed E-state index contributed by atoms with van der Waals surface area (Å²) in [6.07, 6.45) is 5.45. The molecule has 0 spiro atoms. The van der Waals surface area contributed by atoms with Gasteiger partial charge in [0.2, 0.25) is 17.7 Å². The third-order valence-corrected chi connectivity index (χ3v) is 4.53. The van der Waals surface area contributed by atoms with Crippen LogP contribution >= 0.6 is 0 Å². The summed E-state index contributed by atoms with van der Waals surface area (Å²) in [7, 11) is 0. The molecule has 1 aliphatic rings. The van der Waals surface area contributed by atoms with E-state index in [1.165, 1.54) is 6.42 Å². The van der Waals surface area contributed by atoms with Gasteiger partial charge >= 0.3 is 0 Å². The van der Waals surface area contributed by atoms with Gasteiger partial charge in [-0.05, 0) is 30.5 Å². The summed E-state index contributed by atoms with van der Waals surface area (Å²) in [5, 5.41) is 2.98. The van der Waals surface area contributed by atoms with Crippen LogP contribution in [0.15, 0.2) is 24.3 Å².